The Morgan fingerprint density at radius 3 is 2.85 bits per heavy atom. The molecule has 2 aromatic carbocycles. The van der Waals surface area contributed by atoms with Gasteiger partial charge in [0, 0.05) is 18.5 Å². The van der Waals surface area contributed by atoms with Gasteiger partial charge in [0.2, 0.25) is 5.91 Å². The average Bonchev–Trinajstić information content (AvgIpc) is 3.04. The third-order valence-electron chi connectivity index (χ3n) is 4.70. The number of ether oxygens (including phenoxy) is 1. The number of amides is 1. The van der Waals surface area contributed by atoms with Crippen molar-refractivity contribution in [2.45, 2.75) is 18.9 Å². The van der Waals surface area contributed by atoms with E-state index in [-0.39, 0.29) is 18.7 Å². The summed E-state index contributed by atoms with van der Waals surface area (Å²) in [6.45, 7) is 1.13. The van der Waals surface area contributed by atoms with Crippen LogP contribution in [0.5, 0.6) is 0 Å². The third kappa shape index (κ3) is 3.28. The van der Waals surface area contributed by atoms with Crippen LogP contribution in [0.15, 0.2) is 46.9 Å². The molecule has 4 rings (SSSR count). The highest BCUT2D eigenvalue weighted by molar-refractivity contribution is 6.06. The van der Waals surface area contributed by atoms with Gasteiger partial charge in [-0.2, -0.15) is 0 Å². The number of hydrogen-bond acceptors (Lipinski definition) is 4. The highest BCUT2D eigenvalue weighted by Crippen LogP contribution is 2.28. The molecule has 1 N–H and O–H groups in total. The van der Waals surface area contributed by atoms with Crippen molar-refractivity contribution in [3.05, 3.63) is 48.2 Å². The van der Waals surface area contributed by atoms with Crippen molar-refractivity contribution < 1.29 is 23.8 Å². The maximum Gasteiger partial charge on any atom is 0.306 e. The lowest BCUT2D eigenvalue weighted by Crippen LogP contribution is -2.46. The van der Waals surface area contributed by atoms with Gasteiger partial charge in [-0.25, -0.2) is 0 Å². The van der Waals surface area contributed by atoms with Crippen molar-refractivity contribution in [3.63, 3.8) is 0 Å². The Morgan fingerprint density at radius 2 is 2.00 bits per heavy atom. The molecule has 1 unspecified atom stereocenters. The molecule has 0 bridgehead atoms. The molecule has 6 nitrogen and oxygen atoms in total. The lowest BCUT2D eigenvalue weighted by molar-refractivity contribution is -0.147. The first-order valence-electron chi connectivity index (χ1n) is 8.61. The first-order chi connectivity index (χ1) is 12.6. The maximum absolute atomic E-state index is 12.6. The van der Waals surface area contributed by atoms with E-state index in [1.807, 2.05) is 42.5 Å². The number of rotatable bonds is 4. The van der Waals surface area contributed by atoms with E-state index in [1.54, 1.807) is 4.90 Å². The molecule has 1 atom stereocenters. The van der Waals surface area contributed by atoms with Crippen LogP contribution in [0.2, 0.25) is 0 Å². The number of carboxylic acid groups (broad SMARTS) is 1. The van der Waals surface area contributed by atoms with Gasteiger partial charge >= 0.3 is 5.97 Å². The van der Waals surface area contributed by atoms with Crippen LogP contribution in [0, 0.1) is 0 Å². The van der Waals surface area contributed by atoms with Crippen LogP contribution in [-0.4, -0.2) is 47.7 Å². The van der Waals surface area contributed by atoms with E-state index in [0.29, 0.717) is 25.5 Å². The molecular weight excluding hydrogens is 334 g/mol. The summed E-state index contributed by atoms with van der Waals surface area (Å²) in [5.74, 6) is -0.386. The van der Waals surface area contributed by atoms with Crippen LogP contribution < -0.4 is 0 Å². The van der Waals surface area contributed by atoms with Gasteiger partial charge in [-0.15, -0.1) is 0 Å². The van der Waals surface area contributed by atoms with Crippen LogP contribution in [-0.2, 0) is 20.7 Å². The molecule has 0 aliphatic carbocycles. The van der Waals surface area contributed by atoms with Gasteiger partial charge in [0.05, 0.1) is 25.6 Å². The zero-order valence-corrected chi connectivity index (χ0v) is 14.2. The van der Waals surface area contributed by atoms with Crippen molar-refractivity contribution in [1.82, 2.24) is 4.90 Å². The molecule has 134 valence electrons. The minimum Gasteiger partial charge on any atom is -0.481 e. The predicted octanol–water partition coefficient (Wildman–Crippen LogP) is 2.83. The summed E-state index contributed by atoms with van der Waals surface area (Å²) in [4.78, 5) is 25.1. The minimum atomic E-state index is -0.923. The average molecular weight is 353 g/mol. The lowest BCUT2D eigenvalue weighted by atomic mass is 10.1. The standard InChI is InChI=1S/C20H19NO5/c22-19(21-7-8-25-15(12-21)11-20(23)24)10-14-9-17-16-4-2-1-3-13(16)5-6-18(17)26-14/h1-6,9,15H,7-8,10-12H2,(H,23,24). The smallest absolute Gasteiger partial charge is 0.306 e. The number of fused-ring (bicyclic) bond motifs is 3. The molecular formula is C20H19NO5. The van der Waals surface area contributed by atoms with E-state index in [2.05, 4.69) is 0 Å². The molecule has 0 radical (unpaired) electrons. The molecule has 0 spiro atoms. The summed E-state index contributed by atoms with van der Waals surface area (Å²) in [5, 5.41) is 12.1. The zero-order chi connectivity index (χ0) is 18.1. The molecule has 6 heteroatoms. The summed E-state index contributed by atoms with van der Waals surface area (Å²) in [5.41, 5.74) is 0.761. The highest BCUT2D eigenvalue weighted by atomic mass is 16.5. The van der Waals surface area contributed by atoms with Crippen molar-refractivity contribution in [1.29, 1.82) is 0 Å². The fourth-order valence-corrected chi connectivity index (χ4v) is 3.46. The van der Waals surface area contributed by atoms with Gasteiger partial charge < -0.3 is 19.2 Å². The van der Waals surface area contributed by atoms with Gasteiger partial charge in [0.1, 0.15) is 11.3 Å². The van der Waals surface area contributed by atoms with E-state index < -0.39 is 12.1 Å². The Hall–Kier alpha value is -2.86. The number of carbonyl (C=O) groups excluding carboxylic acids is 1. The highest BCUT2D eigenvalue weighted by Gasteiger charge is 2.26. The predicted molar refractivity (Wildman–Crippen MR) is 96.0 cm³/mol. The molecule has 1 fully saturated rings. The number of hydrogen-bond donors (Lipinski definition) is 1. The Morgan fingerprint density at radius 1 is 1.15 bits per heavy atom. The number of morpholine rings is 1. The first-order valence-corrected chi connectivity index (χ1v) is 8.61. The van der Waals surface area contributed by atoms with Crippen LogP contribution in [0.1, 0.15) is 12.2 Å². The van der Waals surface area contributed by atoms with E-state index in [1.165, 1.54) is 0 Å². The minimum absolute atomic E-state index is 0.0768. The quantitative estimate of drug-likeness (QED) is 0.780. The van der Waals surface area contributed by atoms with Crippen molar-refractivity contribution in [2.24, 2.45) is 0 Å². The Bertz CT molecular complexity index is 977. The molecule has 1 aliphatic rings. The summed E-state index contributed by atoms with van der Waals surface area (Å²) in [6, 6.07) is 13.9. The van der Waals surface area contributed by atoms with Crippen LogP contribution in [0.3, 0.4) is 0 Å². The van der Waals surface area contributed by atoms with Gasteiger partial charge in [-0.3, -0.25) is 9.59 Å². The molecule has 1 aromatic heterocycles. The zero-order valence-electron chi connectivity index (χ0n) is 14.2. The molecule has 2 heterocycles. The van der Waals surface area contributed by atoms with Crippen molar-refractivity contribution in [3.8, 4) is 0 Å². The molecule has 1 amide bonds. The monoisotopic (exact) mass is 353 g/mol. The normalized spacial score (nSPS) is 17.7. The van der Waals surface area contributed by atoms with E-state index in [4.69, 9.17) is 14.3 Å². The molecule has 3 aromatic rings. The number of benzene rings is 2. The second-order valence-corrected chi connectivity index (χ2v) is 6.52. The Balaban J connectivity index is 1.52. The molecule has 0 saturated carbocycles. The Kier molecular flexibility index (Phi) is 4.34. The Labute approximate surface area is 149 Å². The topological polar surface area (TPSA) is 80.0 Å². The third-order valence-corrected chi connectivity index (χ3v) is 4.70. The number of furan rings is 1. The summed E-state index contributed by atoms with van der Waals surface area (Å²) in [7, 11) is 0. The first kappa shape index (κ1) is 16.6. The van der Waals surface area contributed by atoms with Gasteiger partial charge in [0.25, 0.3) is 0 Å². The van der Waals surface area contributed by atoms with Gasteiger partial charge in [0.15, 0.2) is 0 Å². The number of carbonyl (C=O) groups is 2. The molecule has 1 aliphatic heterocycles. The maximum atomic E-state index is 12.6. The number of carboxylic acids is 1. The lowest BCUT2D eigenvalue weighted by Gasteiger charge is -2.32. The fourth-order valence-electron chi connectivity index (χ4n) is 3.46. The van der Waals surface area contributed by atoms with Crippen LogP contribution in [0.4, 0.5) is 0 Å². The van der Waals surface area contributed by atoms with Gasteiger partial charge in [-0.1, -0.05) is 30.3 Å². The van der Waals surface area contributed by atoms with Crippen LogP contribution >= 0.6 is 0 Å². The SMILES string of the molecule is O=C(O)CC1CN(C(=O)Cc2cc3c(ccc4ccccc43)o2)CCO1. The number of nitrogens with zero attached hydrogens (tertiary/aromatic N) is 1. The number of aliphatic carboxylic acids is 1. The molecule has 1 saturated heterocycles. The van der Waals surface area contributed by atoms with Crippen molar-refractivity contribution >= 4 is 33.6 Å². The van der Waals surface area contributed by atoms with Crippen molar-refractivity contribution in [2.75, 3.05) is 19.7 Å². The second-order valence-electron chi connectivity index (χ2n) is 6.52. The summed E-state index contributed by atoms with van der Waals surface area (Å²) < 4.78 is 11.3. The second kappa shape index (κ2) is 6.80. The van der Waals surface area contributed by atoms with E-state index in [9.17, 15) is 9.59 Å². The van der Waals surface area contributed by atoms with Gasteiger partial charge in [-0.05, 0) is 22.9 Å². The van der Waals surface area contributed by atoms with E-state index in [0.717, 1.165) is 21.7 Å². The summed E-state index contributed by atoms with van der Waals surface area (Å²) >= 11 is 0. The largest absolute Gasteiger partial charge is 0.481 e. The van der Waals surface area contributed by atoms with Crippen LogP contribution in [0.25, 0.3) is 21.7 Å². The fraction of sp³-hybridized carbons (Fsp3) is 0.300. The molecule has 26 heavy (non-hydrogen) atoms. The van der Waals surface area contributed by atoms with E-state index >= 15 is 0 Å². The summed E-state index contributed by atoms with van der Waals surface area (Å²) in [6.07, 6.45) is -0.395.